The van der Waals surface area contributed by atoms with Crippen LogP contribution in [0.4, 0.5) is 20.5 Å². The van der Waals surface area contributed by atoms with E-state index in [0.29, 0.717) is 35.2 Å². The van der Waals surface area contributed by atoms with Crippen LogP contribution in [0.1, 0.15) is 46.0 Å². The molecule has 1 saturated carbocycles. The summed E-state index contributed by atoms with van der Waals surface area (Å²) in [5.74, 6) is -0.269. The standard InChI is InChI=1S/C29H34ClF2N5O/c1-16-10-11-17(2)37(13-16)28-20-12-21(30)24(25-22(31)8-5-9-23(25)38)26(32)27(20)33-29(34-28)36-14-19(15-36)35(3)18-6-4-7-18/h5,8-9,12,16-19,38H,4,6-7,10-11,13-15H2,1-3H3/t16-,17-/m0/s1. The highest BCUT2D eigenvalue weighted by atomic mass is 35.5. The summed E-state index contributed by atoms with van der Waals surface area (Å²) in [7, 11) is 2.18. The van der Waals surface area contributed by atoms with E-state index in [0.717, 1.165) is 32.5 Å². The fourth-order valence-electron chi connectivity index (χ4n) is 6.07. The van der Waals surface area contributed by atoms with Crippen LogP contribution in [0.25, 0.3) is 22.0 Å². The van der Waals surface area contributed by atoms with Crippen molar-refractivity contribution in [3.8, 4) is 16.9 Å². The number of fused-ring (bicyclic) bond motifs is 1. The zero-order valence-corrected chi connectivity index (χ0v) is 22.8. The van der Waals surface area contributed by atoms with Gasteiger partial charge < -0.3 is 14.9 Å². The highest BCUT2D eigenvalue weighted by Gasteiger charge is 2.38. The lowest BCUT2D eigenvalue weighted by atomic mass is 9.90. The molecule has 38 heavy (non-hydrogen) atoms. The molecule has 1 N–H and O–H groups in total. The van der Waals surface area contributed by atoms with Gasteiger partial charge in [-0.05, 0) is 63.8 Å². The average Bonchev–Trinajstić information content (AvgIpc) is 2.80. The number of likely N-dealkylation sites (N-methyl/N-ethyl adjacent to an activating group) is 1. The van der Waals surface area contributed by atoms with Crippen molar-refractivity contribution in [2.45, 2.75) is 64.1 Å². The minimum atomic E-state index is -0.751. The largest absolute Gasteiger partial charge is 0.507 e. The Kier molecular flexibility index (Phi) is 6.59. The molecule has 202 valence electrons. The van der Waals surface area contributed by atoms with Crippen LogP contribution in [0.5, 0.6) is 5.75 Å². The van der Waals surface area contributed by atoms with Crippen molar-refractivity contribution in [2.24, 2.45) is 5.92 Å². The molecule has 2 atom stereocenters. The second-order valence-electron chi connectivity index (χ2n) is 11.4. The number of hydrogen-bond acceptors (Lipinski definition) is 6. The van der Waals surface area contributed by atoms with Crippen molar-refractivity contribution < 1.29 is 13.9 Å². The third-order valence-electron chi connectivity index (χ3n) is 8.85. The number of rotatable bonds is 5. The van der Waals surface area contributed by atoms with Crippen molar-refractivity contribution in [3.05, 3.63) is 40.9 Å². The van der Waals surface area contributed by atoms with E-state index in [2.05, 4.69) is 40.6 Å². The Bertz CT molecular complexity index is 1360. The predicted molar refractivity (Wildman–Crippen MR) is 148 cm³/mol. The van der Waals surface area contributed by atoms with E-state index in [9.17, 15) is 9.50 Å². The molecule has 1 aromatic heterocycles. The van der Waals surface area contributed by atoms with Gasteiger partial charge in [0.2, 0.25) is 5.95 Å². The monoisotopic (exact) mass is 541 g/mol. The molecule has 3 fully saturated rings. The number of piperidine rings is 1. The fraction of sp³-hybridized carbons (Fsp3) is 0.517. The molecule has 2 saturated heterocycles. The van der Waals surface area contributed by atoms with E-state index >= 15 is 4.39 Å². The number of aromatic hydroxyl groups is 1. The van der Waals surface area contributed by atoms with Crippen LogP contribution in [0.3, 0.4) is 0 Å². The first-order valence-corrected chi connectivity index (χ1v) is 14.0. The summed E-state index contributed by atoms with van der Waals surface area (Å²) in [6, 6.07) is 6.78. The van der Waals surface area contributed by atoms with Crippen molar-refractivity contribution in [2.75, 3.05) is 36.5 Å². The molecule has 0 unspecified atom stereocenters. The van der Waals surface area contributed by atoms with E-state index in [-0.39, 0.29) is 33.5 Å². The summed E-state index contributed by atoms with van der Waals surface area (Å²) < 4.78 is 31.1. The van der Waals surface area contributed by atoms with E-state index < -0.39 is 11.6 Å². The number of aromatic nitrogens is 2. The molecule has 6 nitrogen and oxygen atoms in total. The molecule has 9 heteroatoms. The molecule has 3 heterocycles. The van der Waals surface area contributed by atoms with Crippen molar-refractivity contribution >= 4 is 34.3 Å². The minimum Gasteiger partial charge on any atom is -0.507 e. The van der Waals surface area contributed by atoms with Gasteiger partial charge in [-0.15, -0.1) is 0 Å². The molecule has 6 rings (SSSR count). The summed E-state index contributed by atoms with van der Waals surface area (Å²) in [6.45, 7) is 6.73. The normalized spacial score (nSPS) is 22.7. The minimum absolute atomic E-state index is 0.0110. The van der Waals surface area contributed by atoms with Gasteiger partial charge in [0.05, 0.1) is 10.6 Å². The van der Waals surface area contributed by atoms with Crippen LogP contribution in [-0.2, 0) is 0 Å². The average molecular weight is 542 g/mol. The maximum absolute atomic E-state index is 16.3. The lowest BCUT2D eigenvalue weighted by Gasteiger charge is -2.49. The molecule has 0 spiro atoms. The summed E-state index contributed by atoms with van der Waals surface area (Å²) in [5.41, 5.74) is -0.352. The molecule has 2 aromatic carbocycles. The van der Waals surface area contributed by atoms with E-state index in [1.165, 1.54) is 37.5 Å². The van der Waals surface area contributed by atoms with E-state index in [4.69, 9.17) is 16.6 Å². The number of halogens is 3. The lowest BCUT2D eigenvalue weighted by Crippen LogP contribution is -2.62. The fourth-order valence-corrected chi connectivity index (χ4v) is 6.36. The highest BCUT2D eigenvalue weighted by molar-refractivity contribution is 6.34. The summed E-state index contributed by atoms with van der Waals surface area (Å²) >= 11 is 6.60. The van der Waals surface area contributed by atoms with Gasteiger partial charge >= 0.3 is 0 Å². The Labute approximate surface area is 227 Å². The number of anilines is 2. The Morgan fingerprint density at radius 3 is 2.45 bits per heavy atom. The molecule has 3 aromatic rings. The Balaban J connectivity index is 1.47. The molecule has 2 aliphatic heterocycles. The van der Waals surface area contributed by atoms with Gasteiger partial charge in [-0.1, -0.05) is 31.0 Å². The molecule has 3 aliphatic rings. The van der Waals surface area contributed by atoms with Gasteiger partial charge in [0.25, 0.3) is 0 Å². The Morgan fingerprint density at radius 1 is 1.00 bits per heavy atom. The van der Waals surface area contributed by atoms with Crippen LogP contribution in [0.15, 0.2) is 24.3 Å². The van der Waals surface area contributed by atoms with Crippen molar-refractivity contribution in [1.29, 1.82) is 0 Å². The summed E-state index contributed by atoms with van der Waals surface area (Å²) in [4.78, 5) is 16.5. The maximum atomic E-state index is 16.3. The number of phenols is 1. The van der Waals surface area contributed by atoms with Gasteiger partial charge in [-0.2, -0.15) is 4.98 Å². The smallest absolute Gasteiger partial charge is 0.228 e. The Morgan fingerprint density at radius 2 is 1.76 bits per heavy atom. The van der Waals surface area contributed by atoms with Crippen LogP contribution < -0.4 is 9.80 Å². The maximum Gasteiger partial charge on any atom is 0.228 e. The molecule has 0 radical (unpaired) electrons. The second kappa shape index (κ2) is 9.79. The molecule has 0 bridgehead atoms. The first-order valence-electron chi connectivity index (χ1n) is 13.6. The molecule has 0 amide bonds. The zero-order chi connectivity index (χ0) is 26.7. The molecular weight excluding hydrogens is 508 g/mol. The highest BCUT2D eigenvalue weighted by Crippen LogP contribution is 2.44. The van der Waals surface area contributed by atoms with Gasteiger partial charge in [0.1, 0.15) is 22.9 Å². The first kappa shape index (κ1) is 25.6. The van der Waals surface area contributed by atoms with E-state index in [1.807, 2.05) is 0 Å². The SMILES string of the molecule is C[C@H]1CC[C@H](C)N(c2nc(N3CC(N(C)C4CCC4)C3)nc3c(F)c(-c4c(O)cccc4F)c(Cl)cc23)C1. The van der Waals surface area contributed by atoms with Gasteiger partial charge in [0.15, 0.2) is 5.82 Å². The van der Waals surface area contributed by atoms with Crippen LogP contribution in [0, 0.1) is 17.6 Å². The van der Waals surface area contributed by atoms with Crippen LogP contribution in [0.2, 0.25) is 5.02 Å². The summed E-state index contributed by atoms with van der Waals surface area (Å²) in [5, 5.41) is 10.9. The van der Waals surface area contributed by atoms with E-state index in [1.54, 1.807) is 6.07 Å². The molecular formula is C29H34ClF2N5O. The summed E-state index contributed by atoms with van der Waals surface area (Å²) in [6.07, 6.45) is 5.91. The van der Waals surface area contributed by atoms with Gasteiger partial charge in [0, 0.05) is 48.7 Å². The van der Waals surface area contributed by atoms with Crippen molar-refractivity contribution in [1.82, 2.24) is 14.9 Å². The zero-order valence-electron chi connectivity index (χ0n) is 22.1. The number of hydrogen-bond donors (Lipinski definition) is 1. The quantitative estimate of drug-likeness (QED) is 0.413. The number of benzene rings is 2. The topological polar surface area (TPSA) is 55.7 Å². The van der Waals surface area contributed by atoms with Gasteiger partial charge in [-0.3, -0.25) is 4.90 Å². The van der Waals surface area contributed by atoms with Gasteiger partial charge in [-0.25, -0.2) is 13.8 Å². The molecule has 1 aliphatic carbocycles. The van der Waals surface area contributed by atoms with Crippen molar-refractivity contribution in [3.63, 3.8) is 0 Å². The lowest BCUT2D eigenvalue weighted by molar-refractivity contribution is 0.0927. The van der Waals surface area contributed by atoms with Crippen LogP contribution in [-0.4, -0.2) is 64.8 Å². The number of phenolic OH excluding ortho intramolecular Hbond substituents is 1. The Hall–Kier alpha value is -2.71. The van der Waals surface area contributed by atoms with Crippen LogP contribution >= 0.6 is 11.6 Å². The third-order valence-corrected chi connectivity index (χ3v) is 9.15. The first-order chi connectivity index (χ1) is 18.2. The number of nitrogens with zero attached hydrogens (tertiary/aromatic N) is 5. The third kappa shape index (κ3) is 4.26. The second-order valence-corrected chi connectivity index (χ2v) is 11.8. The predicted octanol–water partition coefficient (Wildman–Crippen LogP) is 6.23.